The summed E-state index contributed by atoms with van der Waals surface area (Å²) in [5.41, 5.74) is 2.13. The van der Waals surface area contributed by atoms with E-state index in [2.05, 4.69) is 4.98 Å². The molecule has 1 heterocycles. The van der Waals surface area contributed by atoms with Gasteiger partial charge in [0.1, 0.15) is 12.4 Å². The lowest BCUT2D eigenvalue weighted by atomic mass is 10.00. The molecule has 0 spiro atoms. The molecule has 5 heteroatoms. The molecule has 0 aliphatic heterocycles. The molecule has 0 aliphatic rings. The van der Waals surface area contributed by atoms with Crippen LogP contribution >= 0.6 is 11.6 Å². The van der Waals surface area contributed by atoms with Crippen LogP contribution in [0.5, 0.6) is 5.75 Å². The summed E-state index contributed by atoms with van der Waals surface area (Å²) >= 11 is 5.95. The Balaban J connectivity index is 1.64. The van der Waals surface area contributed by atoms with Gasteiger partial charge in [0.15, 0.2) is 0 Å². The molecule has 156 valence electrons. The van der Waals surface area contributed by atoms with E-state index in [1.54, 1.807) is 19.3 Å². The first-order chi connectivity index (χ1) is 14.5. The van der Waals surface area contributed by atoms with E-state index in [9.17, 15) is 4.79 Å². The number of carbonyl (C=O) groups excluding carboxylic acids is 1. The predicted octanol–water partition coefficient (Wildman–Crippen LogP) is 6.01. The number of hydrogen-bond acceptors (Lipinski definition) is 4. The van der Waals surface area contributed by atoms with Crippen molar-refractivity contribution in [3.8, 4) is 5.75 Å². The van der Waals surface area contributed by atoms with Crippen molar-refractivity contribution in [1.82, 2.24) is 4.98 Å². The molecule has 0 amide bonds. The minimum Gasteiger partial charge on any atom is -0.476 e. The van der Waals surface area contributed by atoms with Crippen LogP contribution in [-0.2, 0) is 22.6 Å². The van der Waals surface area contributed by atoms with Crippen LogP contribution in [0, 0.1) is 0 Å². The normalized spacial score (nSPS) is 12.8. The highest BCUT2D eigenvalue weighted by atomic mass is 35.5. The van der Waals surface area contributed by atoms with Crippen molar-refractivity contribution in [3.63, 3.8) is 0 Å². The summed E-state index contributed by atoms with van der Waals surface area (Å²) in [7, 11) is 0. The quantitative estimate of drug-likeness (QED) is 0.395. The third-order valence-corrected chi connectivity index (χ3v) is 5.09. The van der Waals surface area contributed by atoms with E-state index in [-0.39, 0.29) is 12.6 Å². The van der Waals surface area contributed by atoms with Crippen LogP contribution in [-0.4, -0.2) is 16.6 Å². The average molecular weight is 424 g/mol. The van der Waals surface area contributed by atoms with Gasteiger partial charge < -0.3 is 9.47 Å². The van der Waals surface area contributed by atoms with Gasteiger partial charge in [-0.25, -0.2) is 4.79 Å². The molecule has 3 rings (SSSR count). The van der Waals surface area contributed by atoms with Crippen LogP contribution in [0.2, 0.25) is 5.02 Å². The average Bonchev–Trinajstić information content (AvgIpc) is 2.76. The topological polar surface area (TPSA) is 48.4 Å². The summed E-state index contributed by atoms with van der Waals surface area (Å²) in [6.45, 7) is 3.98. The highest BCUT2D eigenvalue weighted by molar-refractivity contribution is 6.30. The second-order valence-electron chi connectivity index (χ2n) is 7.47. The molecular formula is C25H26ClNO3. The van der Waals surface area contributed by atoms with Gasteiger partial charge in [-0.15, -0.1) is 0 Å². The van der Waals surface area contributed by atoms with E-state index in [1.807, 2.05) is 67.6 Å². The molecule has 2 aromatic carbocycles. The zero-order valence-corrected chi connectivity index (χ0v) is 18.1. The van der Waals surface area contributed by atoms with Gasteiger partial charge in [0.05, 0.1) is 0 Å². The van der Waals surface area contributed by atoms with E-state index in [1.165, 1.54) is 5.56 Å². The number of esters is 1. The molecule has 0 aliphatic carbocycles. The fraction of sp³-hybridized carbons (Fsp3) is 0.280. The first-order valence-corrected chi connectivity index (χ1v) is 10.4. The molecule has 3 aromatic rings. The molecule has 0 fully saturated rings. The molecule has 0 N–H and O–H groups in total. The van der Waals surface area contributed by atoms with E-state index >= 15 is 0 Å². The van der Waals surface area contributed by atoms with Crippen molar-refractivity contribution in [2.75, 3.05) is 0 Å². The summed E-state index contributed by atoms with van der Waals surface area (Å²) in [5.74, 6) is 0.266. The maximum atomic E-state index is 12.8. The molecule has 30 heavy (non-hydrogen) atoms. The van der Waals surface area contributed by atoms with Crippen LogP contribution in [0.3, 0.4) is 0 Å². The smallest absolute Gasteiger partial charge is 0.350 e. The molecule has 0 saturated carbocycles. The van der Waals surface area contributed by atoms with Crippen LogP contribution in [0.25, 0.3) is 0 Å². The minimum absolute atomic E-state index is 0.176. The second-order valence-corrected chi connectivity index (χ2v) is 7.90. The number of pyridine rings is 1. The predicted molar refractivity (Wildman–Crippen MR) is 119 cm³/mol. The number of carbonyl (C=O) groups is 1. The summed E-state index contributed by atoms with van der Waals surface area (Å²) in [6, 6.07) is 19.3. The highest BCUT2D eigenvalue weighted by Gasteiger charge is 2.36. The minimum atomic E-state index is -1.05. The summed E-state index contributed by atoms with van der Waals surface area (Å²) in [6.07, 6.45) is 5.53. The zero-order valence-electron chi connectivity index (χ0n) is 17.3. The second kappa shape index (κ2) is 10.3. The Labute approximate surface area is 182 Å². The Hall–Kier alpha value is -2.85. The lowest BCUT2D eigenvalue weighted by Gasteiger charge is -2.28. The van der Waals surface area contributed by atoms with Gasteiger partial charge >= 0.3 is 5.97 Å². The fourth-order valence-electron chi connectivity index (χ4n) is 3.23. The molecule has 4 nitrogen and oxygen atoms in total. The number of nitrogens with zero attached hydrogens (tertiary/aromatic N) is 1. The monoisotopic (exact) mass is 423 g/mol. The van der Waals surface area contributed by atoms with Crippen molar-refractivity contribution >= 4 is 17.6 Å². The lowest BCUT2D eigenvalue weighted by molar-refractivity contribution is -0.163. The van der Waals surface area contributed by atoms with Gasteiger partial charge in [-0.2, -0.15) is 0 Å². The number of hydrogen-bond donors (Lipinski definition) is 0. The molecule has 1 aromatic heterocycles. The van der Waals surface area contributed by atoms with Gasteiger partial charge in [0.25, 0.3) is 0 Å². The van der Waals surface area contributed by atoms with Crippen molar-refractivity contribution in [2.24, 2.45) is 0 Å². The molecule has 0 saturated heterocycles. The third kappa shape index (κ3) is 6.07. The maximum Gasteiger partial charge on any atom is 0.350 e. The van der Waals surface area contributed by atoms with Crippen molar-refractivity contribution < 1.29 is 14.3 Å². The standard InChI is InChI=1S/C25H26ClNO3/c1-3-14-25(2,24(28)29-18-21-5-4-15-27-17-21)30-23-12-8-20(9-13-23)16-19-6-10-22(26)11-7-19/h4-13,15,17H,3,14,16,18H2,1-2H3. The summed E-state index contributed by atoms with van der Waals surface area (Å²) < 4.78 is 11.6. The largest absolute Gasteiger partial charge is 0.476 e. The fourth-order valence-corrected chi connectivity index (χ4v) is 3.36. The van der Waals surface area contributed by atoms with Crippen LogP contribution in [0.15, 0.2) is 73.1 Å². The SMILES string of the molecule is CCCC(C)(Oc1ccc(Cc2ccc(Cl)cc2)cc1)C(=O)OCc1cccnc1. The van der Waals surface area contributed by atoms with Gasteiger partial charge in [0, 0.05) is 23.0 Å². The zero-order chi connectivity index (χ0) is 21.4. The number of halogens is 1. The first kappa shape index (κ1) is 21.8. The highest BCUT2D eigenvalue weighted by Crippen LogP contribution is 2.26. The molecule has 0 bridgehead atoms. The maximum absolute atomic E-state index is 12.8. The molecule has 1 unspecified atom stereocenters. The number of benzene rings is 2. The van der Waals surface area contributed by atoms with Crippen LogP contribution in [0.4, 0.5) is 0 Å². The van der Waals surface area contributed by atoms with Crippen LogP contribution in [0.1, 0.15) is 43.4 Å². The van der Waals surface area contributed by atoms with Gasteiger partial charge in [-0.05, 0) is 61.2 Å². The molecule has 0 radical (unpaired) electrons. The Bertz CT molecular complexity index is 942. The Morgan fingerprint density at radius 2 is 1.67 bits per heavy atom. The number of rotatable bonds is 9. The Morgan fingerprint density at radius 3 is 2.27 bits per heavy atom. The van der Waals surface area contributed by atoms with E-state index in [4.69, 9.17) is 21.1 Å². The van der Waals surface area contributed by atoms with Crippen LogP contribution < -0.4 is 4.74 Å². The van der Waals surface area contributed by atoms with E-state index < -0.39 is 5.60 Å². The van der Waals surface area contributed by atoms with Gasteiger partial charge in [-0.3, -0.25) is 4.98 Å². The Morgan fingerprint density at radius 1 is 1.00 bits per heavy atom. The lowest BCUT2D eigenvalue weighted by Crippen LogP contribution is -2.42. The van der Waals surface area contributed by atoms with Crippen molar-refractivity contribution in [3.05, 3.63) is 94.8 Å². The summed E-state index contributed by atoms with van der Waals surface area (Å²) in [5, 5.41) is 0.730. The van der Waals surface area contributed by atoms with Crippen molar-refractivity contribution in [2.45, 2.75) is 45.3 Å². The van der Waals surface area contributed by atoms with E-state index in [0.717, 1.165) is 29.0 Å². The van der Waals surface area contributed by atoms with Gasteiger partial charge in [-0.1, -0.05) is 55.3 Å². The van der Waals surface area contributed by atoms with E-state index in [0.29, 0.717) is 12.2 Å². The van der Waals surface area contributed by atoms with Gasteiger partial charge in [0.2, 0.25) is 5.60 Å². The summed E-state index contributed by atoms with van der Waals surface area (Å²) in [4.78, 5) is 16.8. The number of ether oxygens (including phenoxy) is 2. The Kier molecular flexibility index (Phi) is 7.47. The molecule has 1 atom stereocenters. The molecular weight excluding hydrogens is 398 g/mol. The first-order valence-electron chi connectivity index (χ1n) is 10.1. The van der Waals surface area contributed by atoms with Crippen molar-refractivity contribution in [1.29, 1.82) is 0 Å². The third-order valence-electron chi connectivity index (χ3n) is 4.84. The number of aromatic nitrogens is 1.